The second kappa shape index (κ2) is 4.30. The van der Waals surface area contributed by atoms with Gasteiger partial charge in [-0.2, -0.15) is 0 Å². The monoisotopic (exact) mass is 225 g/mol. The fourth-order valence-electron chi connectivity index (χ4n) is 3.96. The van der Waals surface area contributed by atoms with Crippen LogP contribution in [-0.4, -0.2) is 17.3 Å². The first-order valence-corrected chi connectivity index (χ1v) is 6.94. The van der Waals surface area contributed by atoms with E-state index in [0.717, 1.165) is 37.5 Å². The smallest absolute Gasteiger partial charge is 0.0716 e. The Labute approximate surface area is 99.6 Å². The summed E-state index contributed by atoms with van der Waals surface area (Å²) in [5.74, 6) is 1.53. The highest BCUT2D eigenvalue weighted by molar-refractivity contribution is 5.05. The zero-order valence-corrected chi connectivity index (χ0v) is 10.8. The van der Waals surface area contributed by atoms with Crippen molar-refractivity contribution in [3.05, 3.63) is 0 Å². The minimum Gasteiger partial charge on any atom is -0.389 e. The molecule has 2 unspecified atom stereocenters. The summed E-state index contributed by atoms with van der Waals surface area (Å²) in [6.45, 7) is 5.26. The van der Waals surface area contributed by atoms with Crippen molar-refractivity contribution in [2.24, 2.45) is 23.0 Å². The Morgan fingerprint density at radius 1 is 1.06 bits per heavy atom. The quantitative estimate of drug-likeness (QED) is 0.759. The molecule has 0 radical (unpaired) electrons. The molecule has 0 amide bonds. The zero-order valence-electron chi connectivity index (χ0n) is 10.8. The van der Waals surface area contributed by atoms with Crippen LogP contribution in [0.5, 0.6) is 0 Å². The van der Waals surface area contributed by atoms with Gasteiger partial charge in [0.1, 0.15) is 0 Å². The summed E-state index contributed by atoms with van der Waals surface area (Å²) < 4.78 is 0. The van der Waals surface area contributed by atoms with Crippen molar-refractivity contribution in [3.63, 3.8) is 0 Å². The Hall–Kier alpha value is -0.0800. The van der Waals surface area contributed by atoms with Crippen molar-refractivity contribution in [3.8, 4) is 0 Å². The van der Waals surface area contributed by atoms with Crippen LogP contribution >= 0.6 is 0 Å². The van der Waals surface area contributed by atoms with Gasteiger partial charge in [0.05, 0.1) is 5.60 Å². The third-order valence-corrected chi connectivity index (χ3v) is 5.33. The molecule has 0 spiro atoms. The molecule has 2 aliphatic rings. The number of aliphatic hydroxyl groups is 1. The highest BCUT2D eigenvalue weighted by Crippen LogP contribution is 2.53. The van der Waals surface area contributed by atoms with E-state index in [2.05, 4.69) is 13.8 Å². The molecule has 0 saturated heterocycles. The maximum atomic E-state index is 11.0. The van der Waals surface area contributed by atoms with Crippen LogP contribution in [0.1, 0.15) is 58.8 Å². The van der Waals surface area contributed by atoms with Gasteiger partial charge in [0.2, 0.25) is 0 Å². The fraction of sp³-hybridized carbons (Fsp3) is 1.00. The molecule has 0 aromatic heterocycles. The molecule has 16 heavy (non-hydrogen) atoms. The van der Waals surface area contributed by atoms with Crippen molar-refractivity contribution in [1.29, 1.82) is 0 Å². The van der Waals surface area contributed by atoms with E-state index >= 15 is 0 Å². The molecule has 0 aliphatic heterocycles. The molecule has 2 fully saturated rings. The maximum Gasteiger partial charge on any atom is 0.0716 e. The van der Waals surface area contributed by atoms with Crippen LogP contribution < -0.4 is 5.73 Å². The minimum atomic E-state index is -0.459. The molecule has 0 bridgehead atoms. The van der Waals surface area contributed by atoms with Gasteiger partial charge in [0.25, 0.3) is 0 Å². The van der Waals surface area contributed by atoms with Crippen LogP contribution in [0.3, 0.4) is 0 Å². The predicted molar refractivity (Wildman–Crippen MR) is 67.1 cm³/mol. The molecule has 3 N–H and O–H groups in total. The fourth-order valence-corrected chi connectivity index (χ4v) is 3.96. The SMILES string of the molecule is CC1CCC(O)(C2(CN)CCC(C)C2)CC1. The molecule has 94 valence electrons. The summed E-state index contributed by atoms with van der Waals surface area (Å²) in [6.07, 6.45) is 7.80. The molecule has 2 heteroatoms. The highest BCUT2D eigenvalue weighted by Gasteiger charge is 2.52. The van der Waals surface area contributed by atoms with Crippen LogP contribution in [0, 0.1) is 17.3 Å². The van der Waals surface area contributed by atoms with E-state index < -0.39 is 5.60 Å². The lowest BCUT2D eigenvalue weighted by Crippen LogP contribution is -2.53. The average molecular weight is 225 g/mol. The van der Waals surface area contributed by atoms with Gasteiger partial charge in [-0.25, -0.2) is 0 Å². The Bertz CT molecular complexity index is 245. The standard InChI is InChI=1S/C14H27NO/c1-11-4-7-14(16,8-5-11)13(10-15)6-3-12(2)9-13/h11-12,16H,3-10,15H2,1-2H3. The number of hydrogen-bond acceptors (Lipinski definition) is 2. The molecular weight excluding hydrogens is 198 g/mol. The summed E-state index contributed by atoms with van der Waals surface area (Å²) in [4.78, 5) is 0. The van der Waals surface area contributed by atoms with Gasteiger partial charge in [-0.15, -0.1) is 0 Å². The summed E-state index contributed by atoms with van der Waals surface area (Å²) in [5.41, 5.74) is 5.60. The zero-order chi connectivity index (χ0) is 11.8. The van der Waals surface area contributed by atoms with E-state index in [4.69, 9.17) is 5.73 Å². The van der Waals surface area contributed by atoms with Crippen LogP contribution in [0.15, 0.2) is 0 Å². The molecule has 2 nitrogen and oxygen atoms in total. The van der Waals surface area contributed by atoms with Gasteiger partial charge in [-0.1, -0.05) is 20.3 Å². The topological polar surface area (TPSA) is 46.2 Å². The number of hydrogen-bond donors (Lipinski definition) is 2. The van der Waals surface area contributed by atoms with E-state index in [1.165, 1.54) is 19.3 Å². The van der Waals surface area contributed by atoms with Crippen LogP contribution in [0.2, 0.25) is 0 Å². The van der Waals surface area contributed by atoms with E-state index in [-0.39, 0.29) is 5.41 Å². The molecule has 2 rings (SSSR count). The first-order chi connectivity index (χ1) is 7.51. The van der Waals surface area contributed by atoms with Crippen LogP contribution in [-0.2, 0) is 0 Å². The largest absolute Gasteiger partial charge is 0.389 e. The highest BCUT2D eigenvalue weighted by atomic mass is 16.3. The molecule has 2 atom stereocenters. The molecular formula is C14H27NO. The molecule has 0 heterocycles. The van der Waals surface area contributed by atoms with Gasteiger partial charge < -0.3 is 10.8 Å². The second-order valence-electron chi connectivity index (χ2n) is 6.55. The Morgan fingerprint density at radius 3 is 2.06 bits per heavy atom. The van der Waals surface area contributed by atoms with Crippen molar-refractivity contribution in [1.82, 2.24) is 0 Å². The van der Waals surface area contributed by atoms with Crippen LogP contribution in [0.4, 0.5) is 0 Å². The van der Waals surface area contributed by atoms with E-state index in [9.17, 15) is 5.11 Å². The van der Waals surface area contributed by atoms with Gasteiger partial charge in [-0.05, 0) is 50.4 Å². The van der Waals surface area contributed by atoms with E-state index in [1.54, 1.807) is 0 Å². The van der Waals surface area contributed by atoms with Crippen LogP contribution in [0.25, 0.3) is 0 Å². The van der Waals surface area contributed by atoms with Crippen molar-refractivity contribution < 1.29 is 5.11 Å². The maximum absolute atomic E-state index is 11.0. The van der Waals surface area contributed by atoms with Gasteiger partial charge in [0, 0.05) is 12.0 Å². The summed E-state index contributed by atoms with van der Waals surface area (Å²) >= 11 is 0. The Balaban J connectivity index is 2.14. The second-order valence-corrected chi connectivity index (χ2v) is 6.55. The Kier molecular flexibility index (Phi) is 3.33. The molecule has 0 aromatic rings. The summed E-state index contributed by atoms with van der Waals surface area (Å²) in [7, 11) is 0. The molecule has 2 aliphatic carbocycles. The first-order valence-electron chi connectivity index (χ1n) is 6.94. The number of rotatable bonds is 2. The minimum absolute atomic E-state index is 0.0343. The van der Waals surface area contributed by atoms with Crippen molar-refractivity contribution in [2.45, 2.75) is 64.4 Å². The summed E-state index contributed by atoms with van der Waals surface area (Å²) in [5, 5.41) is 11.0. The molecule has 0 aromatic carbocycles. The lowest BCUT2D eigenvalue weighted by atomic mass is 9.62. The summed E-state index contributed by atoms with van der Waals surface area (Å²) in [6, 6.07) is 0. The first kappa shape index (κ1) is 12.4. The van der Waals surface area contributed by atoms with Crippen molar-refractivity contribution in [2.75, 3.05) is 6.54 Å². The third kappa shape index (κ3) is 1.91. The molecule has 2 saturated carbocycles. The van der Waals surface area contributed by atoms with Crippen molar-refractivity contribution >= 4 is 0 Å². The Morgan fingerprint density at radius 2 is 1.62 bits per heavy atom. The van der Waals surface area contributed by atoms with Gasteiger partial charge >= 0.3 is 0 Å². The average Bonchev–Trinajstić information content (AvgIpc) is 2.66. The van der Waals surface area contributed by atoms with E-state index in [1.807, 2.05) is 0 Å². The number of nitrogens with two attached hydrogens (primary N) is 1. The third-order valence-electron chi connectivity index (χ3n) is 5.33. The van der Waals surface area contributed by atoms with Gasteiger partial charge in [0.15, 0.2) is 0 Å². The lowest BCUT2D eigenvalue weighted by molar-refractivity contribution is -0.111. The van der Waals surface area contributed by atoms with E-state index in [0.29, 0.717) is 6.54 Å². The van der Waals surface area contributed by atoms with Gasteiger partial charge in [-0.3, -0.25) is 0 Å². The predicted octanol–water partition coefficient (Wildman–Crippen LogP) is 2.69. The lowest BCUT2D eigenvalue weighted by Gasteiger charge is -2.48. The normalized spacial score (nSPS) is 49.5.